The number of amides is 1. The molecule has 104 valence electrons. The van der Waals surface area contributed by atoms with Crippen molar-refractivity contribution in [3.8, 4) is 0 Å². The van der Waals surface area contributed by atoms with E-state index in [-0.39, 0.29) is 11.9 Å². The molecule has 0 saturated carbocycles. The van der Waals surface area contributed by atoms with Gasteiger partial charge in [0, 0.05) is 10.9 Å². The lowest BCUT2D eigenvalue weighted by Gasteiger charge is -2.14. The van der Waals surface area contributed by atoms with E-state index in [0.29, 0.717) is 6.42 Å². The largest absolute Gasteiger partial charge is 0.350 e. The highest BCUT2D eigenvalue weighted by Gasteiger charge is 2.09. The van der Waals surface area contributed by atoms with Crippen LogP contribution in [0.4, 0.5) is 0 Å². The van der Waals surface area contributed by atoms with Crippen molar-refractivity contribution in [2.24, 2.45) is 0 Å². The molecule has 0 aliphatic rings. The summed E-state index contributed by atoms with van der Waals surface area (Å²) in [6.07, 6.45) is 1.30. The lowest BCUT2D eigenvalue weighted by atomic mass is 10.1. The first-order chi connectivity index (χ1) is 9.65. The maximum absolute atomic E-state index is 11.9. The second-order valence-electron chi connectivity index (χ2n) is 4.83. The van der Waals surface area contributed by atoms with Crippen LogP contribution in [0.5, 0.6) is 0 Å². The lowest BCUT2D eigenvalue weighted by molar-refractivity contribution is -0.121. The van der Waals surface area contributed by atoms with Gasteiger partial charge in [-0.3, -0.25) is 4.79 Å². The number of carbonyl (C=O) groups is 1. The van der Waals surface area contributed by atoms with Gasteiger partial charge in [-0.05, 0) is 36.6 Å². The minimum atomic E-state index is 0.0337. The van der Waals surface area contributed by atoms with E-state index in [4.69, 9.17) is 0 Å². The van der Waals surface area contributed by atoms with Gasteiger partial charge in [0.1, 0.15) is 0 Å². The molecule has 2 aromatic carbocycles. The van der Waals surface area contributed by atoms with Gasteiger partial charge in [-0.1, -0.05) is 58.4 Å². The molecule has 1 atom stereocenters. The molecule has 0 aliphatic heterocycles. The Bertz CT molecular complexity index is 551. The normalized spacial score (nSPS) is 11.9. The zero-order valence-corrected chi connectivity index (χ0v) is 13.1. The number of nitrogens with one attached hydrogen (secondary N) is 1. The van der Waals surface area contributed by atoms with E-state index in [2.05, 4.69) is 21.2 Å². The molecule has 2 nitrogen and oxygen atoms in total. The van der Waals surface area contributed by atoms with Gasteiger partial charge >= 0.3 is 0 Å². The summed E-state index contributed by atoms with van der Waals surface area (Å²) in [5.74, 6) is 0.0873. The van der Waals surface area contributed by atoms with Gasteiger partial charge in [-0.15, -0.1) is 0 Å². The van der Waals surface area contributed by atoms with Crippen LogP contribution < -0.4 is 5.32 Å². The first-order valence-corrected chi connectivity index (χ1v) is 7.53. The third-order valence-electron chi connectivity index (χ3n) is 3.23. The number of halogens is 1. The Morgan fingerprint density at radius 3 is 2.40 bits per heavy atom. The molecule has 0 saturated heterocycles. The van der Waals surface area contributed by atoms with Crippen molar-refractivity contribution in [1.29, 1.82) is 0 Å². The molecule has 0 bridgehead atoms. The third-order valence-corrected chi connectivity index (χ3v) is 3.76. The predicted octanol–water partition coefficient (Wildman–Crippen LogP) is 4.26. The maximum atomic E-state index is 11.9. The molecule has 0 aliphatic carbocycles. The van der Waals surface area contributed by atoms with Crippen molar-refractivity contribution in [2.45, 2.75) is 25.8 Å². The minimum Gasteiger partial charge on any atom is -0.350 e. The molecular formula is C17H18BrNO. The van der Waals surface area contributed by atoms with E-state index in [1.807, 2.05) is 61.5 Å². The number of carbonyl (C=O) groups excluding carboxylic acids is 1. The van der Waals surface area contributed by atoms with Gasteiger partial charge < -0.3 is 5.32 Å². The summed E-state index contributed by atoms with van der Waals surface area (Å²) in [6, 6.07) is 18.1. The molecule has 0 spiro atoms. The van der Waals surface area contributed by atoms with Crippen LogP contribution in [0, 0.1) is 0 Å². The molecule has 20 heavy (non-hydrogen) atoms. The van der Waals surface area contributed by atoms with Gasteiger partial charge in [-0.2, -0.15) is 0 Å². The highest BCUT2D eigenvalue weighted by molar-refractivity contribution is 9.10. The monoisotopic (exact) mass is 331 g/mol. The van der Waals surface area contributed by atoms with Crippen molar-refractivity contribution in [3.05, 3.63) is 70.2 Å². The zero-order valence-electron chi connectivity index (χ0n) is 11.5. The molecule has 2 aromatic rings. The van der Waals surface area contributed by atoms with Crippen molar-refractivity contribution in [1.82, 2.24) is 5.32 Å². The smallest absolute Gasteiger partial charge is 0.220 e. The number of benzene rings is 2. The van der Waals surface area contributed by atoms with Crippen molar-refractivity contribution < 1.29 is 4.79 Å². The zero-order chi connectivity index (χ0) is 14.4. The molecule has 1 amide bonds. The van der Waals surface area contributed by atoms with Crippen molar-refractivity contribution in [3.63, 3.8) is 0 Å². The highest BCUT2D eigenvalue weighted by Crippen LogP contribution is 2.16. The lowest BCUT2D eigenvalue weighted by Crippen LogP contribution is -2.26. The molecule has 0 fully saturated rings. The van der Waals surface area contributed by atoms with Gasteiger partial charge in [-0.25, -0.2) is 0 Å². The number of hydrogen-bond donors (Lipinski definition) is 1. The summed E-state index contributed by atoms with van der Waals surface area (Å²) in [4.78, 5) is 11.9. The molecule has 1 unspecified atom stereocenters. The Balaban J connectivity index is 1.83. The predicted molar refractivity (Wildman–Crippen MR) is 85.5 cm³/mol. The van der Waals surface area contributed by atoms with Crippen LogP contribution in [0.3, 0.4) is 0 Å². The van der Waals surface area contributed by atoms with Crippen molar-refractivity contribution in [2.75, 3.05) is 0 Å². The minimum absolute atomic E-state index is 0.0337. The third kappa shape index (κ3) is 4.49. The van der Waals surface area contributed by atoms with Crippen LogP contribution in [0.15, 0.2) is 59.1 Å². The highest BCUT2D eigenvalue weighted by atomic mass is 79.9. The summed E-state index contributed by atoms with van der Waals surface area (Å²) >= 11 is 3.41. The molecule has 3 heteroatoms. The van der Waals surface area contributed by atoms with Crippen LogP contribution in [-0.4, -0.2) is 5.91 Å². The Morgan fingerprint density at radius 2 is 1.75 bits per heavy atom. The Hall–Kier alpha value is -1.61. The molecule has 0 radical (unpaired) electrons. The first kappa shape index (κ1) is 14.8. The van der Waals surface area contributed by atoms with Crippen LogP contribution in [0.2, 0.25) is 0 Å². The van der Waals surface area contributed by atoms with Crippen LogP contribution in [0.1, 0.15) is 30.5 Å². The van der Waals surface area contributed by atoms with E-state index in [9.17, 15) is 4.79 Å². The van der Waals surface area contributed by atoms with Gasteiger partial charge in [0.05, 0.1) is 6.04 Å². The maximum Gasteiger partial charge on any atom is 0.220 e. The number of aryl methyl sites for hydroxylation is 1. The van der Waals surface area contributed by atoms with E-state index in [0.717, 1.165) is 16.5 Å². The molecule has 1 N–H and O–H groups in total. The second-order valence-corrected chi connectivity index (χ2v) is 5.74. The standard InChI is InChI=1S/C17H18BrNO/c1-13(15-8-10-16(18)11-9-15)19-17(20)12-7-14-5-3-2-4-6-14/h2-6,8-11,13H,7,12H2,1H3,(H,19,20). The number of hydrogen-bond acceptors (Lipinski definition) is 1. The molecular weight excluding hydrogens is 314 g/mol. The SMILES string of the molecule is CC(NC(=O)CCc1ccccc1)c1ccc(Br)cc1. The Kier molecular flexibility index (Phi) is 5.36. The van der Waals surface area contributed by atoms with Crippen molar-refractivity contribution >= 4 is 21.8 Å². The van der Waals surface area contributed by atoms with E-state index < -0.39 is 0 Å². The molecule has 0 aromatic heterocycles. The fraction of sp³-hybridized carbons (Fsp3) is 0.235. The van der Waals surface area contributed by atoms with Gasteiger partial charge in [0.15, 0.2) is 0 Å². The number of rotatable bonds is 5. The van der Waals surface area contributed by atoms with E-state index in [1.165, 1.54) is 5.56 Å². The second kappa shape index (κ2) is 7.25. The Labute approximate surface area is 128 Å². The molecule has 2 rings (SSSR count). The fourth-order valence-corrected chi connectivity index (χ4v) is 2.32. The van der Waals surface area contributed by atoms with Gasteiger partial charge in [0.2, 0.25) is 5.91 Å². The van der Waals surface area contributed by atoms with Crippen LogP contribution in [0.25, 0.3) is 0 Å². The summed E-state index contributed by atoms with van der Waals surface area (Å²) in [6.45, 7) is 2.00. The average Bonchev–Trinajstić information content (AvgIpc) is 2.47. The molecule has 0 heterocycles. The van der Waals surface area contributed by atoms with Crippen LogP contribution in [-0.2, 0) is 11.2 Å². The topological polar surface area (TPSA) is 29.1 Å². The fourth-order valence-electron chi connectivity index (χ4n) is 2.05. The summed E-state index contributed by atoms with van der Waals surface area (Å²) in [5, 5.41) is 3.03. The summed E-state index contributed by atoms with van der Waals surface area (Å²) < 4.78 is 1.05. The summed E-state index contributed by atoms with van der Waals surface area (Å²) in [5.41, 5.74) is 2.31. The van der Waals surface area contributed by atoms with Crippen LogP contribution >= 0.6 is 15.9 Å². The first-order valence-electron chi connectivity index (χ1n) is 6.74. The van der Waals surface area contributed by atoms with E-state index in [1.54, 1.807) is 0 Å². The van der Waals surface area contributed by atoms with E-state index >= 15 is 0 Å². The Morgan fingerprint density at radius 1 is 1.10 bits per heavy atom. The van der Waals surface area contributed by atoms with Gasteiger partial charge in [0.25, 0.3) is 0 Å². The average molecular weight is 332 g/mol. The quantitative estimate of drug-likeness (QED) is 0.871. The summed E-state index contributed by atoms with van der Waals surface area (Å²) in [7, 11) is 0.